The highest BCUT2D eigenvalue weighted by Gasteiger charge is 2.55. The Hall–Kier alpha value is 0.300. The molecule has 1 heterocycles. The van der Waals surface area contributed by atoms with Crippen LogP contribution in [0.5, 0.6) is 0 Å². The Morgan fingerprint density at radius 1 is 0.312 bits per heavy atom. The summed E-state index contributed by atoms with van der Waals surface area (Å²) >= 11 is 0. The molecule has 0 aromatic carbocycles. The summed E-state index contributed by atoms with van der Waals surface area (Å²) in [6.07, 6.45) is 0. The second-order valence-electron chi connectivity index (χ2n) is 11.5. The quantitative estimate of drug-likeness (QED) is 0.258. The van der Waals surface area contributed by atoms with Crippen molar-refractivity contribution in [2.45, 2.75) is 159 Å². The molecule has 0 saturated heterocycles. The molecule has 0 saturated carbocycles. The van der Waals surface area contributed by atoms with Crippen molar-refractivity contribution in [2.75, 3.05) is 0 Å². The Morgan fingerprint density at radius 2 is 0.438 bits per heavy atom. The molecule has 0 aliphatic carbocycles. The van der Waals surface area contributed by atoms with Crippen LogP contribution in [-0.4, -0.2) is 67.0 Å². The molecule has 1 rings (SSSR count). The van der Waals surface area contributed by atoms with E-state index in [9.17, 15) is 0 Å². The zero-order valence-corrected chi connectivity index (χ0v) is 26.0. The maximum atomic E-state index is 6.02. The van der Waals surface area contributed by atoms with E-state index in [0.29, 0.717) is 48.3 Å². The first-order valence-electron chi connectivity index (χ1n) is 12.9. The van der Waals surface area contributed by atoms with E-state index in [1.54, 1.807) is 0 Å². The van der Waals surface area contributed by atoms with Crippen LogP contribution in [0.2, 0.25) is 0 Å². The highest BCUT2D eigenvalue weighted by molar-refractivity contribution is 7.82. The maximum Gasteiger partial charge on any atom is 0.222 e. The molecule has 192 valence electrons. The van der Waals surface area contributed by atoms with Gasteiger partial charge >= 0.3 is 0 Å². The van der Waals surface area contributed by atoms with E-state index in [0.717, 1.165) is 0 Å². The van der Waals surface area contributed by atoms with Gasteiger partial charge in [-0.2, -0.15) is 9.03 Å². The van der Waals surface area contributed by atoms with E-state index < -0.39 is 15.0 Å². The Kier molecular flexibility index (Phi) is 10.8. The van der Waals surface area contributed by atoms with Crippen LogP contribution in [0.3, 0.4) is 0 Å². The lowest BCUT2D eigenvalue weighted by Crippen LogP contribution is -2.50. The zero-order chi connectivity index (χ0) is 25.3. The van der Waals surface area contributed by atoms with Gasteiger partial charge in [0.2, 0.25) is 15.0 Å². The van der Waals surface area contributed by atoms with Gasteiger partial charge in [0.1, 0.15) is 0 Å². The van der Waals surface area contributed by atoms with Gasteiger partial charge in [-0.3, -0.25) is 0 Å². The Balaban J connectivity index is 4.08. The first-order valence-corrected chi connectivity index (χ1v) is 16.1. The Morgan fingerprint density at radius 3 is 0.531 bits per heavy atom. The van der Waals surface area contributed by atoms with Crippen molar-refractivity contribution in [1.29, 1.82) is 0 Å². The maximum absolute atomic E-state index is 6.02. The van der Waals surface area contributed by atoms with Gasteiger partial charge in [0.15, 0.2) is 0 Å². The molecule has 0 aromatic heterocycles. The summed E-state index contributed by atoms with van der Waals surface area (Å²) in [4.78, 5) is 0. The fraction of sp³-hybridized carbons (Fsp3) is 1.00. The van der Waals surface area contributed by atoms with Crippen LogP contribution in [0, 0.1) is 0 Å². The Bertz CT molecular complexity index is 558. The minimum Gasteiger partial charge on any atom is -0.235 e. The minimum absolute atomic E-state index is 0.385. The molecule has 0 N–H and O–H groups in total. The van der Waals surface area contributed by atoms with E-state index in [-0.39, 0.29) is 0 Å². The van der Waals surface area contributed by atoms with Gasteiger partial charge in [0.05, 0.1) is 0 Å². The number of rotatable bonds is 12. The molecule has 0 atom stereocenters. The lowest BCUT2D eigenvalue weighted by Gasteiger charge is -2.59. The van der Waals surface area contributed by atoms with Gasteiger partial charge in [-0.15, -0.1) is 0 Å². The number of hydrogen-bond acceptors (Lipinski definition) is 6. The second-order valence-corrected chi connectivity index (χ2v) is 16.9. The van der Waals surface area contributed by atoms with E-state index in [1.807, 2.05) is 0 Å². The predicted octanol–water partition coefficient (Wildman–Crippen LogP) is 8.37. The molecular formula is C24H56N6P2. The average molecular weight is 491 g/mol. The highest BCUT2D eigenvalue weighted by atomic mass is 31.3. The molecule has 0 aromatic rings. The van der Waals surface area contributed by atoms with Crippen LogP contribution in [-0.2, 0) is 0 Å². The fourth-order valence-electron chi connectivity index (χ4n) is 5.80. The summed E-state index contributed by atoms with van der Waals surface area (Å²) < 4.78 is 22.6. The van der Waals surface area contributed by atoms with Gasteiger partial charge in [-0.1, -0.05) is 0 Å². The minimum atomic E-state index is -2.22. The molecule has 32 heavy (non-hydrogen) atoms. The molecule has 1 aliphatic rings. The van der Waals surface area contributed by atoms with Crippen molar-refractivity contribution < 1.29 is 0 Å². The van der Waals surface area contributed by atoms with Gasteiger partial charge in [0.25, 0.3) is 0 Å². The Labute approximate surface area is 201 Å². The van der Waals surface area contributed by atoms with Crippen molar-refractivity contribution in [2.24, 2.45) is 9.03 Å². The van der Waals surface area contributed by atoms with Gasteiger partial charge in [0, 0.05) is 48.3 Å². The van der Waals surface area contributed by atoms with Crippen LogP contribution in [0.4, 0.5) is 0 Å². The third-order valence-corrected chi connectivity index (χ3v) is 16.0. The third-order valence-electron chi connectivity index (χ3n) is 5.95. The number of hydrogen-bond donors (Lipinski definition) is 0. The zero-order valence-electron chi connectivity index (χ0n) is 24.2. The van der Waals surface area contributed by atoms with Crippen LogP contribution >= 0.6 is 15.0 Å². The highest BCUT2D eigenvalue weighted by Crippen LogP contribution is 2.85. The molecule has 0 amide bonds. The van der Waals surface area contributed by atoms with Gasteiger partial charge in [-0.05, 0) is 111 Å². The SMILES string of the molecule is CC(C)N(C(C)C)P1(N(C(C)C)C(C)C)=NP(N(C(C)C)C(C)C)(N(C(C)C)C(C)C)=N1. The summed E-state index contributed by atoms with van der Waals surface area (Å²) in [5, 5.41) is 0. The lowest BCUT2D eigenvalue weighted by atomic mass is 10.3. The van der Waals surface area contributed by atoms with Crippen LogP contribution in [0.15, 0.2) is 9.03 Å². The molecule has 6 nitrogen and oxygen atoms in total. The van der Waals surface area contributed by atoms with Crippen molar-refractivity contribution >= 4 is 15.0 Å². The third kappa shape index (κ3) is 5.58. The fourth-order valence-corrected chi connectivity index (χ4v) is 16.8. The van der Waals surface area contributed by atoms with Gasteiger partial charge < -0.3 is 0 Å². The van der Waals surface area contributed by atoms with Crippen LogP contribution in [0.1, 0.15) is 111 Å². The molecule has 0 bridgehead atoms. The smallest absolute Gasteiger partial charge is 0.222 e. The summed E-state index contributed by atoms with van der Waals surface area (Å²) in [6.45, 7) is 37.0. The predicted molar refractivity (Wildman–Crippen MR) is 147 cm³/mol. The van der Waals surface area contributed by atoms with Crippen molar-refractivity contribution in [3.8, 4) is 0 Å². The van der Waals surface area contributed by atoms with Gasteiger partial charge in [-0.25, -0.2) is 18.7 Å². The van der Waals surface area contributed by atoms with E-state index >= 15 is 0 Å². The standard InChI is InChI=1S/C24H56N6P2/c1-17(2)27(18(3)4)31(28(19(5)6)20(7)8)25-32(26-31,29(21(9)10)22(11)12)30(23(13)14)24(15)16/h17-24H,1-16H3. The van der Waals surface area contributed by atoms with Crippen molar-refractivity contribution in [3.63, 3.8) is 0 Å². The molecule has 8 heteroatoms. The lowest BCUT2D eigenvalue weighted by molar-refractivity contribution is 0.234. The topological polar surface area (TPSA) is 37.7 Å². The van der Waals surface area contributed by atoms with Crippen LogP contribution in [0.25, 0.3) is 0 Å². The average Bonchev–Trinajstić information content (AvgIpc) is 2.49. The van der Waals surface area contributed by atoms with Crippen LogP contribution < -0.4 is 0 Å². The second kappa shape index (κ2) is 11.4. The largest absolute Gasteiger partial charge is 0.235 e. The van der Waals surface area contributed by atoms with Crippen molar-refractivity contribution in [3.05, 3.63) is 0 Å². The molecule has 0 spiro atoms. The van der Waals surface area contributed by atoms with Crippen molar-refractivity contribution in [1.82, 2.24) is 18.7 Å². The molecular weight excluding hydrogens is 434 g/mol. The monoisotopic (exact) mass is 490 g/mol. The summed E-state index contributed by atoms with van der Waals surface area (Å²) in [6, 6.07) is 3.08. The summed E-state index contributed by atoms with van der Waals surface area (Å²) in [7, 11) is -4.44. The molecule has 0 fully saturated rings. The molecule has 0 radical (unpaired) electrons. The first kappa shape index (κ1) is 30.3. The molecule has 0 unspecified atom stereocenters. The van der Waals surface area contributed by atoms with E-state index in [4.69, 9.17) is 9.03 Å². The summed E-state index contributed by atoms with van der Waals surface area (Å²) in [5.74, 6) is 0. The van der Waals surface area contributed by atoms with E-state index in [2.05, 4.69) is 129 Å². The number of nitrogens with zero attached hydrogens (tertiary/aromatic N) is 6. The first-order chi connectivity index (χ1) is 14.5. The normalized spacial score (nSPS) is 18.6. The summed E-state index contributed by atoms with van der Waals surface area (Å²) in [5.41, 5.74) is 0. The van der Waals surface area contributed by atoms with E-state index in [1.165, 1.54) is 0 Å². The molecule has 1 aliphatic heterocycles.